The van der Waals surface area contributed by atoms with Gasteiger partial charge in [0.2, 0.25) is 0 Å². The van der Waals surface area contributed by atoms with E-state index in [1.165, 1.54) is 6.21 Å². The van der Waals surface area contributed by atoms with Gasteiger partial charge in [-0.25, -0.2) is 5.43 Å². The first-order valence-electron chi connectivity index (χ1n) is 10.2. The maximum atomic E-state index is 12.5. The number of carbonyl (C=O) groups excluding carboxylic acids is 1. The van der Waals surface area contributed by atoms with E-state index in [0.717, 1.165) is 10.9 Å². The third-order valence-electron chi connectivity index (χ3n) is 4.71. The van der Waals surface area contributed by atoms with Crippen LogP contribution in [0.1, 0.15) is 28.6 Å². The Bertz CT molecular complexity index is 1320. The number of ether oxygens (including phenoxy) is 2. The van der Waals surface area contributed by atoms with E-state index in [4.69, 9.17) is 37.1 Å². The SMILES string of the molecule is CCOc1ccc2oc(C(=O)N/N=C/c3ccccc3OCc3ccc(Cl)cc3Cl)cc2c1. The molecule has 0 saturated carbocycles. The molecule has 0 aliphatic rings. The molecular weight excluding hydrogens is 463 g/mol. The van der Waals surface area contributed by atoms with Crippen molar-refractivity contribution >= 4 is 46.3 Å². The number of nitrogens with zero attached hydrogens (tertiary/aromatic N) is 1. The molecule has 1 N–H and O–H groups in total. The molecule has 0 bridgehead atoms. The first-order chi connectivity index (χ1) is 16.0. The van der Waals surface area contributed by atoms with Crippen LogP contribution in [-0.2, 0) is 6.61 Å². The standard InChI is InChI=1S/C25H20Cl2N2O4/c1-2-31-20-9-10-23-18(11-20)12-24(33-23)25(30)29-28-14-16-5-3-4-6-22(16)32-15-17-7-8-19(26)13-21(17)27/h3-14H,2,15H2,1H3,(H,29,30)/b28-14+. The van der Waals surface area contributed by atoms with E-state index >= 15 is 0 Å². The second kappa shape index (κ2) is 10.4. The minimum absolute atomic E-state index is 0.151. The topological polar surface area (TPSA) is 73.1 Å². The lowest BCUT2D eigenvalue weighted by Gasteiger charge is -2.10. The highest BCUT2D eigenvalue weighted by atomic mass is 35.5. The molecule has 8 heteroatoms. The number of benzene rings is 3. The Kier molecular flexibility index (Phi) is 7.17. The molecule has 0 aliphatic carbocycles. The zero-order valence-electron chi connectivity index (χ0n) is 17.7. The molecule has 4 rings (SSSR count). The fourth-order valence-electron chi connectivity index (χ4n) is 3.12. The van der Waals surface area contributed by atoms with Gasteiger partial charge in [-0.2, -0.15) is 5.10 Å². The molecule has 1 heterocycles. The number of hydrogen-bond acceptors (Lipinski definition) is 5. The number of amides is 1. The molecule has 0 atom stereocenters. The van der Waals surface area contributed by atoms with Gasteiger partial charge in [-0.1, -0.05) is 41.4 Å². The van der Waals surface area contributed by atoms with Gasteiger partial charge < -0.3 is 13.9 Å². The predicted octanol–water partition coefficient (Wildman–Crippen LogP) is 6.48. The summed E-state index contributed by atoms with van der Waals surface area (Å²) in [6.07, 6.45) is 1.51. The molecule has 0 saturated heterocycles. The highest BCUT2D eigenvalue weighted by molar-refractivity contribution is 6.35. The van der Waals surface area contributed by atoms with Crippen LogP contribution < -0.4 is 14.9 Å². The number of para-hydroxylation sites is 1. The lowest BCUT2D eigenvalue weighted by molar-refractivity contribution is 0.0929. The van der Waals surface area contributed by atoms with Crippen molar-refractivity contribution < 1.29 is 18.7 Å². The molecule has 6 nitrogen and oxygen atoms in total. The summed E-state index contributed by atoms with van der Waals surface area (Å²) < 4.78 is 17.0. The fourth-order valence-corrected chi connectivity index (χ4v) is 3.58. The molecule has 33 heavy (non-hydrogen) atoms. The first kappa shape index (κ1) is 22.7. The van der Waals surface area contributed by atoms with Crippen molar-refractivity contribution in [2.24, 2.45) is 5.10 Å². The lowest BCUT2D eigenvalue weighted by atomic mass is 10.2. The van der Waals surface area contributed by atoms with E-state index < -0.39 is 5.91 Å². The average Bonchev–Trinajstić information content (AvgIpc) is 3.23. The van der Waals surface area contributed by atoms with Crippen LogP contribution in [0.5, 0.6) is 11.5 Å². The van der Waals surface area contributed by atoms with E-state index in [1.807, 2.05) is 43.3 Å². The number of hydrazone groups is 1. The van der Waals surface area contributed by atoms with Crippen molar-refractivity contribution in [3.8, 4) is 11.5 Å². The summed E-state index contributed by atoms with van der Waals surface area (Å²) in [6.45, 7) is 2.73. The maximum absolute atomic E-state index is 12.5. The second-order valence-corrected chi connectivity index (χ2v) is 7.85. The number of carbonyl (C=O) groups is 1. The van der Waals surface area contributed by atoms with Gasteiger partial charge in [0.25, 0.3) is 0 Å². The Morgan fingerprint density at radius 2 is 1.91 bits per heavy atom. The van der Waals surface area contributed by atoms with Crippen LogP contribution in [0.2, 0.25) is 10.0 Å². The van der Waals surface area contributed by atoms with Crippen molar-refractivity contribution in [1.82, 2.24) is 5.43 Å². The molecule has 0 spiro atoms. The van der Waals surface area contributed by atoms with Crippen LogP contribution in [0, 0.1) is 0 Å². The number of halogens is 2. The van der Waals surface area contributed by atoms with Gasteiger partial charge in [0.05, 0.1) is 12.8 Å². The molecule has 0 fully saturated rings. The highest BCUT2D eigenvalue weighted by Gasteiger charge is 2.12. The number of rotatable bonds is 8. The number of furan rings is 1. The van der Waals surface area contributed by atoms with Gasteiger partial charge in [0.1, 0.15) is 23.7 Å². The highest BCUT2D eigenvalue weighted by Crippen LogP contribution is 2.25. The van der Waals surface area contributed by atoms with Crippen LogP contribution >= 0.6 is 23.2 Å². The molecule has 1 amide bonds. The van der Waals surface area contributed by atoms with Gasteiger partial charge >= 0.3 is 5.91 Å². The summed E-state index contributed by atoms with van der Waals surface area (Å²) in [4.78, 5) is 12.5. The largest absolute Gasteiger partial charge is 0.494 e. The van der Waals surface area contributed by atoms with Crippen LogP contribution in [0.4, 0.5) is 0 Å². The van der Waals surface area contributed by atoms with Gasteiger partial charge in [-0.15, -0.1) is 0 Å². The normalized spacial score (nSPS) is 11.1. The summed E-state index contributed by atoms with van der Waals surface area (Å²) in [5.41, 5.74) is 4.56. The summed E-state index contributed by atoms with van der Waals surface area (Å²) in [5, 5.41) is 5.91. The van der Waals surface area contributed by atoms with E-state index in [2.05, 4.69) is 10.5 Å². The van der Waals surface area contributed by atoms with E-state index in [0.29, 0.717) is 39.3 Å². The number of fused-ring (bicyclic) bond motifs is 1. The zero-order valence-corrected chi connectivity index (χ0v) is 19.2. The minimum atomic E-state index is -0.466. The molecule has 1 aromatic heterocycles. The maximum Gasteiger partial charge on any atom is 0.307 e. The van der Waals surface area contributed by atoms with Crippen LogP contribution in [-0.4, -0.2) is 18.7 Å². The Morgan fingerprint density at radius 3 is 2.73 bits per heavy atom. The molecule has 0 radical (unpaired) electrons. The monoisotopic (exact) mass is 482 g/mol. The van der Waals surface area contributed by atoms with Crippen molar-refractivity contribution in [2.45, 2.75) is 13.5 Å². The third kappa shape index (κ3) is 5.66. The Labute approximate surface area is 200 Å². The predicted molar refractivity (Wildman–Crippen MR) is 130 cm³/mol. The first-order valence-corrected chi connectivity index (χ1v) is 10.9. The molecule has 0 aliphatic heterocycles. The van der Waals surface area contributed by atoms with Gasteiger partial charge in [0, 0.05) is 26.6 Å². The van der Waals surface area contributed by atoms with E-state index in [1.54, 1.807) is 30.3 Å². The molecule has 0 unspecified atom stereocenters. The van der Waals surface area contributed by atoms with E-state index in [-0.39, 0.29) is 12.4 Å². The molecule has 4 aromatic rings. The van der Waals surface area contributed by atoms with Crippen LogP contribution in [0.25, 0.3) is 11.0 Å². The third-order valence-corrected chi connectivity index (χ3v) is 5.30. The minimum Gasteiger partial charge on any atom is -0.494 e. The van der Waals surface area contributed by atoms with Crippen molar-refractivity contribution in [3.05, 3.63) is 93.7 Å². The van der Waals surface area contributed by atoms with Crippen molar-refractivity contribution in [2.75, 3.05) is 6.61 Å². The average molecular weight is 483 g/mol. The number of nitrogens with one attached hydrogen (secondary N) is 1. The van der Waals surface area contributed by atoms with Crippen molar-refractivity contribution in [3.63, 3.8) is 0 Å². The summed E-state index contributed by atoms with van der Waals surface area (Å²) in [5.74, 6) is 0.991. The quantitative estimate of drug-likeness (QED) is 0.230. The fraction of sp³-hybridized carbons (Fsp3) is 0.120. The number of hydrogen-bond donors (Lipinski definition) is 1. The zero-order chi connectivity index (χ0) is 23.2. The van der Waals surface area contributed by atoms with Crippen LogP contribution in [0.3, 0.4) is 0 Å². The Hall–Kier alpha value is -3.48. The summed E-state index contributed by atoms with van der Waals surface area (Å²) >= 11 is 12.2. The summed E-state index contributed by atoms with van der Waals surface area (Å²) in [7, 11) is 0. The molecule has 168 valence electrons. The second-order valence-electron chi connectivity index (χ2n) is 7.00. The smallest absolute Gasteiger partial charge is 0.307 e. The van der Waals surface area contributed by atoms with E-state index in [9.17, 15) is 4.79 Å². The van der Waals surface area contributed by atoms with Crippen LogP contribution in [0.15, 0.2) is 76.2 Å². The van der Waals surface area contributed by atoms with Gasteiger partial charge in [-0.3, -0.25) is 4.79 Å². The lowest BCUT2D eigenvalue weighted by Crippen LogP contribution is -2.16. The van der Waals surface area contributed by atoms with Crippen molar-refractivity contribution in [1.29, 1.82) is 0 Å². The summed E-state index contributed by atoms with van der Waals surface area (Å²) in [6, 6.07) is 19.6. The molecular formula is C25H20Cl2N2O4. The molecule has 3 aromatic carbocycles. The Morgan fingerprint density at radius 1 is 1.06 bits per heavy atom. The Balaban J connectivity index is 1.42. The van der Waals surface area contributed by atoms with Gasteiger partial charge in [0.15, 0.2) is 5.76 Å². The van der Waals surface area contributed by atoms with Gasteiger partial charge in [-0.05, 0) is 55.5 Å².